The summed E-state index contributed by atoms with van der Waals surface area (Å²) < 4.78 is 100. The highest BCUT2D eigenvalue weighted by Gasteiger charge is 2.44. The molecule has 2 aromatic carbocycles. The summed E-state index contributed by atoms with van der Waals surface area (Å²) in [7, 11) is 0. The van der Waals surface area contributed by atoms with Crippen molar-refractivity contribution in [2.75, 3.05) is 11.4 Å². The zero-order valence-corrected chi connectivity index (χ0v) is 18.6. The van der Waals surface area contributed by atoms with Crippen molar-refractivity contribution in [2.24, 2.45) is 0 Å². The van der Waals surface area contributed by atoms with Crippen LogP contribution in [0.4, 0.5) is 36.7 Å². The van der Waals surface area contributed by atoms with Crippen LogP contribution in [0.1, 0.15) is 11.1 Å². The molecule has 1 N–H and O–H groups in total. The molecule has 1 aromatic heterocycles. The Labute approximate surface area is 200 Å². The number of rotatable bonds is 10. The Kier molecular flexibility index (Phi) is 8.23. The third kappa shape index (κ3) is 7.20. The molecule has 0 aliphatic rings. The number of hydrogen-bond acceptors (Lipinski definition) is 6. The molecule has 194 valence electrons. The average molecular weight is 519 g/mol. The Balaban J connectivity index is 1.89. The maximum atomic E-state index is 13.3. The van der Waals surface area contributed by atoms with Crippen molar-refractivity contribution in [1.82, 2.24) is 9.97 Å². The van der Waals surface area contributed by atoms with Gasteiger partial charge in [0, 0.05) is 18.8 Å². The molecule has 0 saturated heterocycles. The molecule has 0 radical (unpaired) electrons. The molecule has 0 amide bonds. The van der Waals surface area contributed by atoms with E-state index in [0.29, 0.717) is 5.75 Å². The maximum Gasteiger partial charge on any atom is 0.461 e. The number of benzene rings is 2. The monoisotopic (exact) mass is 519 g/mol. The first-order chi connectivity index (χ1) is 16.8. The molecule has 0 aliphatic heterocycles. The van der Waals surface area contributed by atoms with Crippen LogP contribution in [0, 0.1) is 6.92 Å². The van der Waals surface area contributed by atoms with E-state index in [1.165, 1.54) is 24.4 Å². The second kappa shape index (κ2) is 11.0. The summed E-state index contributed by atoms with van der Waals surface area (Å²) in [4.78, 5) is 8.99. The predicted molar refractivity (Wildman–Crippen MR) is 114 cm³/mol. The molecular weight excluding hydrogens is 499 g/mol. The maximum absolute atomic E-state index is 13.3. The number of alkyl halides is 7. The molecule has 6 nitrogen and oxygen atoms in total. The van der Waals surface area contributed by atoms with Crippen molar-refractivity contribution in [1.29, 1.82) is 0 Å². The Hall–Kier alpha value is -3.61. The van der Waals surface area contributed by atoms with E-state index in [9.17, 15) is 35.8 Å². The lowest BCUT2D eigenvalue weighted by atomic mass is 10.2. The molecule has 1 unspecified atom stereocenters. The van der Waals surface area contributed by atoms with Crippen LogP contribution < -0.4 is 14.4 Å². The SMILES string of the molecule is Cc1ccccc1Oc1ccnc(N(Cc2cccc(OC(F)(F)C(F)F)c2)CC(O)C(F)(F)F)n1. The molecule has 0 spiro atoms. The molecule has 13 heteroatoms. The minimum Gasteiger partial charge on any atom is -0.439 e. The molecule has 1 atom stereocenters. The first-order valence-electron chi connectivity index (χ1n) is 10.4. The molecule has 3 rings (SSSR count). The fourth-order valence-corrected chi connectivity index (χ4v) is 2.98. The van der Waals surface area contributed by atoms with Crippen LogP contribution in [0.3, 0.4) is 0 Å². The molecule has 36 heavy (non-hydrogen) atoms. The number of hydrogen-bond donors (Lipinski definition) is 1. The highest BCUT2D eigenvalue weighted by molar-refractivity contribution is 5.39. The zero-order chi connectivity index (χ0) is 26.5. The van der Waals surface area contributed by atoms with Crippen LogP contribution in [0.2, 0.25) is 0 Å². The molecule has 0 saturated carbocycles. The second-order valence-electron chi connectivity index (χ2n) is 7.61. The second-order valence-corrected chi connectivity index (χ2v) is 7.61. The van der Waals surface area contributed by atoms with E-state index in [0.717, 1.165) is 22.6 Å². The van der Waals surface area contributed by atoms with E-state index in [-0.39, 0.29) is 17.4 Å². The first kappa shape index (κ1) is 27.0. The van der Waals surface area contributed by atoms with Gasteiger partial charge in [0.2, 0.25) is 11.8 Å². The van der Waals surface area contributed by atoms with E-state index in [1.807, 2.05) is 0 Å². The number of aliphatic hydroxyl groups excluding tert-OH is 1. The number of halogens is 7. The predicted octanol–water partition coefficient (Wildman–Crippen LogP) is 5.74. The summed E-state index contributed by atoms with van der Waals surface area (Å²) in [5, 5.41) is 9.64. The lowest BCUT2D eigenvalue weighted by molar-refractivity contribution is -0.253. The van der Waals surface area contributed by atoms with Gasteiger partial charge in [-0.15, -0.1) is 0 Å². The summed E-state index contributed by atoms with van der Waals surface area (Å²) in [6.45, 7) is 0.337. The minimum atomic E-state index is -4.97. The van der Waals surface area contributed by atoms with Gasteiger partial charge in [0.1, 0.15) is 11.5 Å². The van der Waals surface area contributed by atoms with Gasteiger partial charge in [-0.25, -0.2) is 4.98 Å². The lowest BCUT2D eigenvalue weighted by Gasteiger charge is -2.27. The molecule has 1 heterocycles. The van der Waals surface area contributed by atoms with Crippen LogP contribution in [0.25, 0.3) is 0 Å². The van der Waals surface area contributed by atoms with E-state index >= 15 is 0 Å². The number of aryl methyl sites for hydroxylation is 1. The topological polar surface area (TPSA) is 67.7 Å². The fraction of sp³-hybridized carbons (Fsp3) is 0.304. The van der Waals surface area contributed by atoms with Gasteiger partial charge in [0.15, 0.2) is 6.10 Å². The summed E-state index contributed by atoms with van der Waals surface area (Å²) in [6.07, 6.45) is -15.4. The molecule has 0 aliphatic carbocycles. The van der Waals surface area contributed by atoms with Crippen LogP contribution in [0.15, 0.2) is 60.8 Å². The van der Waals surface area contributed by atoms with Crippen molar-refractivity contribution >= 4 is 5.95 Å². The molecule has 0 bridgehead atoms. The molecular formula is C23H20F7N3O3. The summed E-state index contributed by atoms with van der Waals surface area (Å²) in [5.41, 5.74) is 0.861. The van der Waals surface area contributed by atoms with Crippen molar-refractivity contribution in [2.45, 2.75) is 38.3 Å². The van der Waals surface area contributed by atoms with Gasteiger partial charge in [0.25, 0.3) is 0 Å². The van der Waals surface area contributed by atoms with Gasteiger partial charge in [-0.2, -0.15) is 35.7 Å². The van der Waals surface area contributed by atoms with Gasteiger partial charge in [-0.3, -0.25) is 0 Å². The zero-order valence-electron chi connectivity index (χ0n) is 18.6. The summed E-state index contributed by atoms with van der Waals surface area (Å²) in [5.74, 6) is -0.469. The summed E-state index contributed by atoms with van der Waals surface area (Å²) in [6, 6.07) is 12.8. The number of para-hydroxylation sites is 1. The van der Waals surface area contributed by atoms with Crippen LogP contribution in [0.5, 0.6) is 17.4 Å². The van der Waals surface area contributed by atoms with E-state index < -0.39 is 43.7 Å². The molecule has 0 fully saturated rings. The van der Waals surface area contributed by atoms with Crippen molar-refractivity contribution in [3.05, 3.63) is 71.9 Å². The van der Waals surface area contributed by atoms with Crippen LogP contribution >= 0.6 is 0 Å². The molecule has 3 aromatic rings. The Morgan fingerprint density at radius 2 is 1.72 bits per heavy atom. The van der Waals surface area contributed by atoms with E-state index in [4.69, 9.17) is 4.74 Å². The van der Waals surface area contributed by atoms with Crippen LogP contribution in [-0.4, -0.2) is 46.4 Å². The lowest BCUT2D eigenvalue weighted by Crippen LogP contribution is -2.41. The van der Waals surface area contributed by atoms with Crippen LogP contribution in [-0.2, 0) is 6.54 Å². The van der Waals surface area contributed by atoms with E-state index in [2.05, 4.69) is 14.7 Å². The van der Waals surface area contributed by atoms with Crippen molar-refractivity contribution < 1.29 is 45.3 Å². The van der Waals surface area contributed by atoms with Crippen molar-refractivity contribution in [3.63, 3.8) is 0 Å². The first-order valence-corrected chi connectivity index (χ1v) is 10.4. The number of aromatic nitrogens is 2. The normalized spacial score (nSPS) is 12.9. The van der Waals surface area contributed by atoms with E-state index in [1.54, 1.807) is 31.2 Å². The Bertz CT molecular complexity index is 1160. The van der Waals surface area contributed by atoms with Gasteiger partial charge < -0.3 is 19.5 Å². The Morgan fingerprint density at radius 3 is 2.39 bits per heavy atom. The van der Waals surface area contributed by atoms with Gasteiger partial charge in [-0.05, 0) is 36.2 Å². The standard InChI is InChI=1S/C23H20F7N3O3/c1-14-5-2-3-8-17(14)35-19-9-10-31-21(32-19)33(13-18(34)22(26,27)28)12-15-6-4-7-16(11-15)36-23(29,30)20(24)25/h2-11,18,20,34H,12-13H2,1H3. The highest BCUT2D eigenvalue weighted by Crippen LogP contribution is 2.30. The average Bonchev–Trinajstić information content (AvgIpc) is 2.79. The number of ether oxygens (including phenoxy) is 2. The third-order valence-electron chi connectivity index (χ3n) is 4.76. The third-order valence-corrected chi connectivity index (χ3v) is 4.76. The number of anilines is 1. The largest absolute Gasteiger partial charge is 0.461 e. The van der Waals surface area contributed by atoms with Gasteiger partial charge in [-0.1, -0.05) is 30.3 Å². The van der Waals surface area contributed by atoms with Crippen molar-refractivity contribution in [3.8, 4) is 17.4 Å². The quantitative estimate of drug-likeness (QED) is 0.345. The van der Waals surface area contributed by atoms with Gasteiger partial charge >= 0.3 is 18.7 Å². The Morgan fingerprint density at radius 1 is 1.00 bits per heavy atom. The minimum absolute atomic E-state index is 0.00513. The van der Waals surface area contributed by atoms with Gasteiger partial charge in [0.05, 0.1) is 6.54 Å². The smallest absolute Gasteiger partial charge is 0.439 e. The number of aliphatic hydroxyl groups is 1. The highest BCUT2D eigenvalue weighted by atomic mass is 19.4. The fourth-order valence-electron chi connectivity index (χ4n) is 2.98. The number of nitrogens with zero attached hydrogens (tertiary/aromatic N) is 3. The summed E-state index contributed by atoms with van der Waals surface area (Å²) >= 11 is 0.